The molecule has 0 bridgehead atoms. The van der Waals surface area contributed by atoms with Gasteiger partial charge in [0.1, 0.15) is 8.24 Å². The first kappa shape index (κ1) is 20.4. The fraction of sp³-hybridized carbons (Fsp3) is 1.00. The highest BCUT2D eigenvalue weighted by Gasteiger charge is 2.64. The summed E-state index contributed by atoms with van der Waals surface area (Å²) >= 11 is 0. The van der Waals surface area contributed by atoms with Gasteiger partial charge in [-0.1, -0.05) is 32.4 Å². The third kappa shape index (κ3) is 3.47. The molecular formula is C23H44N2OSi. The fourth-order valence-corrected chi connectivity index (χ4v) is 13.4. The number of methoxy groups -OCH3 is 1. The van der Waals surface area contributed by atoms with Gasteiger partial charge >= 0.3 is 0 Å². The van der Waals surface area contributed by atoms with Crippen LogP contribution in [0.3, 0.4) is 0 Å². The molecule has 4 rings (SSSR count). The van der Waals surface area contributed by atoms with Crippen molar-refractivity contribution < 1.29 is 4.74 Å². The molecule has 4 aliphatic rings. The van der Waals surface area contributed by atoms with Gasteiger partial charge in [0, 0.05) is 24.7 Å². The molecule has 4 heteroatoms. The Hall–Kier alpha value is 0.0969. The maximum atomic E-state index is 5.86. The van der Waals surface area contributed by atoms with Crippen molar-refractivity contribution in [3.63, 3.8) is 0 Å². The van der Waals surface area contributed by atoms with Crippen LogP contribution in [0, 0.1) is 23.7 Å². The summed E-state index contributed by atoms with van der Waals surface area (Å²) < 4.78 is 5.86. The van der Waals surface area contributed by atoms with E-state index in [0.29, 0.717) is 6.10 Å². The van der Waals surface area contributed by atoms with Gasteiger partial charge in [-0.2, -0.15) is 0 Å². The van der Waals surface area contributed by atoms with Crippen molar-refractivity contribution in [3.05, 3.63) is 0 Å². The van der Waals surface area contributed by atoms with E-state index in [1.807, 2.05) is 7.11 Å². The van der Waals surface area contributed by atoms with Gasteiger partial charge in [-0.25, -0.2) is 0 Å². The van der Waals surface area contributed by atoms with Crippen molar-refractivity contribution in [2.45, 2.75) is 108 Å². The monoisotopic (exact) mass is 392 g/mol. The van der Waals surface area contributed by atoms with E-state index in [1.165, 1.54) is 44.9 Å². The molecule has 3 aliphatic carbocycles. The first-order valence-electron chi connectivity index (χ1n) is 11.7. The second kappa shape index (κ2) is 7.11. The van der Waals surface area contributed by atoms with E-state index in [0.717, 1.165) is 41.3 Å². The molecule has 0 aromatic carbocycles. The lowest BCUT2D eigenvalue weighted by Crippen LogP contribution is -2.61. The maximum absolute atomic E-state index is 5.86. The average molecular weight is 393 g/mol. The van der Waals surface area contributed by atoms with Crippen LogP contribution in [0.4, 0.5) is 0 Å². The smallest absolute Gasteiger partial charge is 0.124 e. The summed E-state index contributed by atoms with van der Waals surface area (Å²) in [6, 6.07) is 1.64. The molecule has 0 radical (unpaired) electrons. The number of nitrogens with zero attached hydrogens (tertiary/aromatic N) is 1. The molecule has 8 unspecified atom stereocenters. The van der Waals surface area contributed by atoms with Crippen LogP contribution in [-0.2, 0) is 4.74 Å². The molecule has 3 nitrogen and oxygen atoms in total. The summed E-state index contributed by atoms with van der Waals surface area (Å²) in [6.45, 7) is 12.4. The Morgan fingerprint density at radius 1 is 0.963 bits per heavy atom. The van der Waals surface area contributed by atoms with Crippen LogP contribution < -0.4 is 4.98 Å². The number of ether oxygens (including phenoxy) is 1. The number of fused-ring (bicyclic) bond motifs is 5. The zero-order valence-electron chi connectivity index (χ0n) is 18.9. The molecule has 1 heterocycles. The van der Waals surface area contributed by atoms with E-state index < -0.39 is 8.24 Å². The highest BCUT2D eigenvalue weighted by Crippen LogP contribution is 2.64. The van der Waals surface area contributed by atoms with Crippen LogP contribution in [0.2, 0.25) is 18.6 Å². The second-order valence-corrected chi connectivity index (χ2v) is 16.2. The van der Waals surface area contributed by atoms with Gasteiger partial charge in [0.25, 0.3) is 0 Å². The molecule has 0 amide bonds. The topological polar surface area (TPSA) is 24.5 Å². The first-order chi connectivity index (χ1) is 12.6. The third-order valence-corrected chi connectivity index (χ3v) is 12.6. The highest BCUT2D eigenvalue weighted by atomic mass is 28.3. The largest absolute Gasteiger partial charge is 0.381 e. The highest BCUT2D eigenvalue weighted by molar-refractivity contribution is 6.76. The predicted octanol–water partition coefficient (Wildman–Crippen LogP) is 4.88. The van der Waals surface area contributed by atoms with Gasteiger partial charge in [-0.05, 0) is 82.7 Å². The second-order valence-electron chi connectivity index (χ2n) is 11.9. The predicted molar refractivity (Wildman–Crippen MR) is 117 cm³/mol. The van der Waals surface area contributed by atoms with Gasteiger partial charge in [0.15, 0.2) is 0 Å². The van der Waals surface area contributed by atoms with E-state index in [4.69, 9.17) is 4.74 Å². The number of likely N-dealkylation sites (tertiary alicyclic amines) is 1. The van der Waals surface area contributed by atoms with Crippen molar-refractivity contribution >= 4 is 8.24 Å². The quantitative estimate of drug-likeness (QED) is 0.693. The molecule has 1 N–H and O–H groups in total. The van der Waals surface area contributed by atoms with Gasteiger partial charge < -0.3 is 9.72 Å². The summed E-state index contributed by atoms with van der Waals surface area (Å²) in [5.74, 6) is 3.77. The molecule has 4 fully saturated rings. The van der Waals surface area contributed by atoms with Crippen molar-refractivity contribution in [2.75, 3.05) is 14.2 Å². The minimum atomic E-state index is -1.55. The SMILES string of the molecule is COC1CCC2C(C1)C1C3CCCCC3C([Si](C)(C)NC(C)(C)C)C1N2C. The van der Waals surface area contributed by atoms with Crippen molar-refractivity contribution in [1.29, 1.82) is 0 Å². The molecule has 0 aromatic rings. The Labute approximate surface area is 169 Å². The minimum Gasteiger partial charge on any atom is -0.381 e. The standard InChI is InChI=1S/C23H44N2OSi/c1-23(2,3)24-27(6,7)22-17-11-9-8-10-16(17)20-18-14-15(26-5)12-13-19(18)25(4)21(20)22/h15-22,24H,8-14H2,1-7H3. The third-order valence-electron chi connectivity index (χ3n) is 8.76. The normalized spacial score (nSPS) is 45.4. The van der Waals surface area contributed by atoms with Crippen LogP contribution >= 0.6 is 0 Å². The lowest BCUT2D eigenvalue weighted by Gasteiger charge is -2.46. The molecule has 1 aliphatic heterocycles. The Kier molecular flexibility index (Phi) is 5.36. The molecule has 0 aromatic heterocycles. The van der Waals surface area contributed by atoms with Gasteiger partial charge in [0.05, 0.1) is 6.10 Å². The summed E-state index contributed by atoms with van der Waals surface area (Å²) in [7, 11) is 2.87. The lowest BCUT2D eigenvalue weighted by atomic mass is 9.69. The molecule has 0 spiro atoms. The zero-order valence-corrected chi connectivity index (χ0v) is 19.9. The van der Waals surface area contributed by atoms with E-state index in [-0.39, 0.29) is 5.54 Å². The van der Waals surface area contributed by atoms with E-state index >= 15 is 0 Å². The summed E-state index contributed by atoms with van der Waals surface area (Å²) in [4.78, 5) is 7.08. The van der Waals surface area contributed by atoms with Gasteiger partial charge in [-0.15, -0.1) is 0 Å². The Morgan fingerprint density at radius 3 is 2.26 bits per heavy atom. The fourth-order valence-electron chi connectivity index (χ4n) is 8.47. The number of hydrogen-bond acceptors (Lipinski definition) is 3. The van der Waals surface area contributed by atoms with Crippen molar-refractivity contribution in [1.82, 2.24) is 9.88 Å². The Balaban J connectivity index is 1.68. The van der Waals surface area contributed by atoms with Crippen LogP contribution in [0.1, 0.15) is 65.7 Å². The molecule has 156 valence electrons. The summed E-state index contributed by atoms with van der Waals surface area (Å²) in [5.41, 5.74) is 1.13. The molecule has 27 heavy (non-hydrogen) atoms. The van der Waals surface area contributed by atoms with E-state index in [2.05, 4.69) is 50.8 Å². The number of nitrogens with one attached hydrogen (secondary N) is 1. The van der Waals surface area contributed by atoms with Gasteiger partial charge in [-0.3, -0.25) is 4.90 Å². The molecule has 8 atom stereocenters. The van der Waals surface area contributed by atoms with Crippen molar-refractivity contribution in [3.8, 4) is 0 Å². The van der Waals surface area contributed by atoms with Gasteiger partial charge in [0.2, 0.25) is 0 Å². The molecular weight excluding hydrogens is 348 g/mol. The number of rotatable bonds is 3. The lowest BCUT2D eigenvalue weighted by molar-refractivity contribution is 0.0181. The Bertz CT molecular complexity index is 545. The summed E-state index contributed by atoms with van der Waals surface area (Å²) in [6.07, 6.45) is 10.4. The maximum Gasteiger partial charge on any atom is 0.124 e. The molecule has 3 saturated carbocycles. The van der Waals surface area contributed by atoms with Crippen LogP contribution in [0.5, 0.6) is 0 Å². The zero-order chi connectivity index (χ0) is 19.6. The van der Waals surface area contributed by atoms with E-state index in [1.54, 1.807) is 0 Å². The Morgan fingerprint density at radius 2 is 1.63 bits per heavy atom. The first-order valence-corrected chi connectivity index (χ1v) is 14.8. The molecule has 1 saturated heterocycles. The van der Waals surface area contributed by atoms with Crippen molar-refractivity contribution in [2.24, 2.45) is 23.7 Å². The van der Waals surface area contributed by atoms with Crippen LogP contribution in [0.25, 0.3) is 0 Å². The average Bonchev–Trinajstić information content (AvgIpc) is 3.07. The number of hydrogen-bond donors (Lipinski definition) is 1. The van der Waals surface area contributed by atoms with Crippen LogP contribution in [0.15, 0.2) is 0 Å². The van der Waals surface area contributed by atoms with Crippen LogP contribution in [-0.4, -0.2) is 51.0 Å². The minimum absolute atomic E-state index is 0.225. The summed E-state index contributed by atoms with van der Waals surface area (Å²) in [5, 5.41) is 0. The van der Waals surface area contributed by atoms with E-state index in [9.17, 15) is 0 Å².